The molecule has 3 aliphatic heterocycles. The Kier molecular flexibility index (Phi) is 4.52. The van der Waals surface area contributed by atoms with Gasteiger partial charge in [-0.15, -0.1) is 0 Å². The molecule has 0 bridgehead atoms. The summed E-state index contributed by atoms with van der Waals surface area (Å²) < 4.78 is 22.6. The molecule has 5 rings (SSSR count). The van der Waals surface area contributed by atoms with E-state index in [2.05, 4.69) is 0 Å². The van der Waals surface area contributed by atoms with E-state index >= 15 is 0 Å². The van der Waals surface area contributed by atoms with Gasteiger partial charge in [-0.1, -0.05) is 12.1 Å². The van der Waals surface area contributed by atoms with Gasteiger partial charge in [0.1, 0.15) is 24.1 Å². The number of benzene rings is 1. The highest BCUT2D eigenvalue weighted by Crippen LogP contribution is 2.51. The summed E-state index contributed by atoms with van der Waals surface area (Å²) in [5.41, 5.74) is -0.837. The summed E-state index contributed by atoms with van der Waals surface area (Å²) >= 11 is 0. The molecule has 0 radical (unpaired) electrons. The van der Waals surface area contributed by atoms with Crippen molar-refractivity contribution in [2.24, 2.45) is 0 Å². The van der Waals surface area contributed by atoms with Crippen LogP contribution in [0.2, 0.25) is 0 Å². The van der Waals surface area contributed by atoms with Gasteiger partial charge in [-0.05, 0) is 13.0 Å². The molecule has 2 saturated heterocycles. The third-order valence-corrected chi connectivity index (χ3v) is 6.18. The molecule has 1 spiro atoms. The smallest absolute Gasteiger partial charge is 0.309 e. The van der Waals surface area contributed by atoms with Crippen LogP contribution in [0.1, 0.15) is 47.4 Å². The summed E-state index contributed by atoms with van der Waals surface area (Å²) in [6, 6.07) is 4.06. The van der Waals surface area contributed by atoms with E-state index in [4.69, 9.17) is 18.9 Å². The van der Waals surface area contributed by atoms with Crippen LogP contribution in [-0.2, 0) is 28.5 Å². The summed E-state index contributed by atoms with van der Waals surface area (Å²) in [7, 11) is 0. The van der Waals surface area contributed by atoms with Gasteiger partial charge in [0.15, 0.2) is 17.7 Å². The maximum absolute atomic E-state index is 13.7. The molecule has 2 N–H and O–H groups in total. The van der Waals surface area contributed by atoms with Crippen LogP contribution in [0.4, 0.5) is 0 Å². The Morgan fingerprint density at radius 1 is 1.19 bits per heavy atom. The first-order valence-corrected chi connectivity index (χ1v) is 10.2. The quantitative estimate of drug-likeness (QED) is 0.590. The zero-order chi connectivity index (χ0) is 22.9. The fraction of sp³-hybridized carbons (Fsp3) is 0.455. The van der Waals surface area contributed by atoms with Gasteiger partial charge in [0, 0.05) is 18.9 Å². The van der Waals surface area contributed by atoms with Gasteiger partial charge in [-0.25, -0.2) is 0 Å². The maximum Gasteiger partial charge on any atom is 0.309 e. The van der Waals surface area contributed by atoms with Gasteiger partial charge >= 0.3 is 11.9 Å². The predicted octanol–water partition coefficient (Wildman–Crippen LogP) is 0.580. The first-order valence-electron chi connectivity index (χ1n) is 10.2. The Hall–Kier alpha value is -3.08. The number of Topliss-reactive ketones (excluding diaryl/α,β-unsaturated/α-hetero) is 2. The van der Waals surface area contributed by atoms with E-state index < -0.39 is 65.6 Å². The number of carbonyl (C=O) groups excluding carboxylic acids is 4. The summed E-state index contributed by atoms with van der Waals surface area (Å²) in [6.07, 6.45) is -5.73. The molecule has 10 nitrogen and oxygen atoms in total. The molecule has 2 fully saturated rings. The van der Waals surface area contributed by atoms with Crippen molar-refractivity contribution in [2.45, 2.75) is 63.0 Å². The second kappa shape index (κ2) is 6.96. The first kappa shape index (κ1) is 20.8. The maximum atomic E-state index is 13.7. The second-order valence-corrected chi connectivity index (χ2v) is 8.34. The monoisotopic (exact) mass is 444 g/mol. The number of aliphatic hydroxyl groups is 1. The Labute approximate surface area is 181 Å². The van der Waals surface area contributed by atoms with Crippen LogP contribution in [-0.4, -0.2) is 70.0 Å². The highest BCUT2D eigenvalue weighted by atomic mass is 16.7. The van der Waals surface area contributed by atoms with Crippen LogP contribution in [0.25, 0.3) is 0 Å². The number of hydrogen-bond donors (Lipinski definition) is 2. The van der Waals surface area contributed by atoms with Crippen molar-refractivity contribution in [3.63, 3.8) is 0 Å². The molecule has 1 aromatic rings. The summed E-state index contributed by atoms with van der Waals surface area (Å²) in [5, 5.41) is 21.6. The SMILES string of the molecule is CC(=O)OC1CC(C)OC2(OC3CC(=O)OC3C3=C2C(=O)c2c(O)cccc2C3=O)C1O. The van der Waals surface area contributed by atoms with E-state index in [0.717, 1.165) is 0 Å². The Morgan fingerprint density at radius 2 is 1.94 bits per heavy atom. The number of ether oxygens (including phenoxy) is 4. The summed E-state index contributed by atoms with van der Waals surface area (Å²) in [4.78, 5) is 50.8. The minimum Gasteiger partial charge on any atom is -0.507 e. The average molecular weight is 444 g/mol. The molecule has 4 aliphatic rings. The Bertz CT molecular complexity index is 1100. The number of ketones is 2. The molecule has 1 aromatic carbocycles. The predicted molar refractivity (Wildman–Crippen MR) is 103 cm³/mol. The molecule has 6 unspecified atom stereocenters. The Balaban J connectivity index is 1.75. The van der Waals surface area contributed by atoms with Crippen molar-refractivity contribution in [3.05, 3.63) is 40.5 Å². The Morgan fingerprint density at radius 3 is 2.66 bits per heavy atom. The lowest BCUT2D eigenvalue weighted by atomic mass is 9.73. The number of rotatable bonds is 1. The molecule has 10 heteroatoms. The van der Waals surface area contributed by atoms with Crippen molar-refractivity contribution < 1.29 is 48.3 Å². The van der Waals surface area contributed by atoms with Crippen molar-refractivity contribution in [1.29, 1.82) is 0 Å². The molecule has 32 heavy (non-hydrogen) atoms. The van der Waals surface area contributed by atoms with E-state index in [1.165, 1.54) is 25.1 Å². The molecule has 6 atom stereocenters. The number of phenols is 1. The normalized spacial score (nSPS) is 35.8. The third kappa shape index (κ3) is 2.76. The van der Waals surface area contributed by atoms with Gasteiger partial charge in [-0.2, -0.15) is 0 Å². The average Bonchev–Trinajstić information content (AvgIpc) is 3.08. The van der Waals surface area contributed by atoms with E-state index in [1.807, 2.05) is 0 Å². The van der Waals surface area contributed by atoms with Gasteiger partial charge in [0.2, 0.25) is 5.79 Å². The van der Waals surface area contributed by atoms with Crippen molar-refractivity contribution in [2.75, 3.05) is 0 Å². The van der Waals surface area contributed by atoms with E-state index in [0.29, 0.717) is 0 Å². The standard InChI is InChI=1S/C22H20O10/c1-8-6-13(29-9(2)23)21(28)22(31-8)17-16(20-12(32-22)7-14(25)30-20)18(26)10-4-3-5-11(24)15(10)19(17)27/h3-5,8,12-13,20-21,24,28H,6-7H2,1-2H3. The van der Waals surface area contributed by atoms with Gasteiger partial charge < -0.3 is 29.2 Å². The topological polar surface area (TPSA) is 146 Å². The lowest BCUT2D eigenvalue weighted by molar-refractivity contribution is -0.336. The zero-order valence-corrected chi connectivity index (χ0v) is 17.2. The molecule has 0 saturated carbocycles. The molecular weight excluding hydrogens is 424 g/mol. The molecule has 1 aliphatic carbocycles. The lowest BCUT2D eigenvalue weighted by Gasteiger charge is -2.51. The lowest BCUT2D eigenvalue weighted by Crippen LogP contribution is -2.66. The van der Waals surface area contributed by atoms with Crippen LogP contribution in [0.15, 0.2) is 29.3 Å². The summed E-state index contributed by atoms with van der Waals surface area (Å²) in [5.74, 6) is -5.37. The highest BCUT2D eigenvalue weighted by molar-refractivity contribution is 6.29. The molecule has 168 valence electrons. The second-order valence-electron chi connectivity index (χ2n) is 8.34. The number of fused-ring (bicyclic) bond motifs is 4. The number of aromatic hydroxyl groups is 1. The first-order chi connectivity index (χ1) is 15.1. The van der Waals surface area contributed by atoms with Crippen molar-refractivity contribution in [1.82, 2.24) is 0 Å². The molecule has 0 amide bonds. The minimum absolute atomic E-state index is 0.0533. The van der Waals surface area contributed by atoms with Crippen LogP contribution in [0.5, 0.6) is 5.75 Å². The fourth-order valence-electron chi connectivity index (χ4n) is 5.01. The third-order valence-electron chi connectivity index (χ3n) is 6.18. The van der Waals surface area contributed by atoms with Gasteiger partial charge in [0.05, 0.1) is 29.2 Å². The van der Waals surface area contributed by atoms with Crippen molar-refractivity contribution >= 4 is 23.5 Å². The molecule has 0 aromatic heterocycles. The van der Waals surface area contributed by atoms with E-state index in [1.54, 1.807) is 6.92 Å². The number of aliphatic hydroxyl groups excluding tert-OH is 1. The number of hydrogen-bond acceptors (Lipinski definition) is 10. The molecule has 3 heterocycles. The molecular formula is C22H20O10. The fourth-order valence-corrected chi connectivity index (χ4v) is 5.01. The van der Waals surface area contributed by atoms with Crippen LogP contribution >= 0.6 is 0 Å². The van der Waals surface area contributed by atoms with Crippen molar-refractivity contribution in [3.8, 4) is 5.75 Å². The highest BCUT2D eigenvalue weighted by Gasteiger charge is 2.65. The number of esters is 2. The van der Waals surface area contributed by atoms with E-state index in [9.17, 15) is 29.4 Å². The number of phenolic OH excluding ortho intramolecular Hbond substituents is 1. The van der Waals surface area contributed by atoms with Crippen LogP contribution in [0.3, 0.4) is 0 Å². The minimum atomic E-state index is -2.20. The van der Waals surface area contributed by atoms with Crippen LogP contribution in [0, 0.1) is 0 Å². The number of carbonyl (C=O) groups is 4. The zero-order valence-electron chi connectivity index (χ0n) is 17.2. The van der Waals surface area contributed by atoms with Gasteiger partial charge in [-0.3, -0.25) is 19.2 Å². The largest absolute Gasteiger partial charge is 0.507 e. The van der Waals surface area contributed by atoms with E-state index in [-0.39, 0.29) is 35.1 Å². The van der Waals surface area contributed by atoms with Crippen LogP contribution < -0.4 is 0 Å². The van der Waals surface area contributed by atoms with Gasteiger partial charge in [0.25, 0.3) is 0 Å². The summed E-state index contributed by atoms with van der Waals surface area (Å²) in [6.45, 7) is 2.81.